The smallest absolute Gasteiger partial charge is 0.370 e. The van der Waals surface area contributed by atoms with Crippen molar-refractivity contribution in [3.63, 3.8) is 0 Å². The van der Waals surface area contributed by atoms with Crippen molar-refractivity contribution in [3.05, 3.63) is 22.1 Å². The van der Waals surface area contributed by atoms with E-state index in [0.717, 1.165) is 6.07 Å². The molecule has 0 aliphatic carbocycles. The molecule has 0 radical (unpaired) electrons. The summed E-state index contributed by atoms with van der Waals surface area (Å²) in [7, 11) is 1.39. The molecule has 1 atom stereocenters. The molecular formula is C15H12F6N2. The SMILES string of the molecule is CN1c2cc(C(F)(F)F)c3c(c2=CCC1CC(F)(F)F)=CC=N3. The average molecular weight is 334 g/mol. The van der Waals surface area contributed by atoms with Gasteiger partial charge in [0.15, 0.2) is 0 Å². The molecule has 0 N–H and O–H groups in total. The topological polar surface area (TPSA) is 15.6 Å². The fourth-order valence-corrected chi connectivity index (χ4v) is 3.01. The van der Waals surface area contributed by atoms with Gasteiger partial charge < -0.3 is 4.90 Å². The zero-order valence-corrected chi connectivity index (χ0v) is 12.0. The molecule has 2 aliphatic rings. The lowest BCUT2D eigenvalue weighted by molar-refractivity contribution is -0.139. The third-order valence-corrected chi connectivity index (χ3v) is 4.10. The molecule has 124 valence electrons. The molecule has 23 heavy (non-hydrogen) atoms. The Kier molecular flexibility index (Phi) is 3.46. The highest BCUT2D eigenvalue weighted by Crippen LogP contribution is 2.37. The number of alkyl halides is 6. The molecule has 2 aliphatic heterocycles. The van der Waals surface area contributed by atoms with Gasteiger partial charge in [-0.1, -0.05) is 6.08 Å². The van der Waals surface area contributed by atoms with E-state index in [1.165, 1.54) is 24.2 Å². The molecule has 0 bridgehead atoms. The van der Waals surface area contributed by atoms with Gasteiger partial charge in [-0.25, -0.2) is 0 Å². The standard InChI is InChI=1S/C15H12F6N2/c1-23-8(7-14(16,17)18)2-3-9-10-4-5-22-13(10)11(6-12(9)23)15(19,20)21/h3-6,8H,2,7H2,1H3. The fraction of sp³-hybridized carbons (Fsp3) is 0.400. The number of hydrogen-bond donors (Lipinski definition) is 0. The number of benzene rings is 1. The first-order valence-electron chi connectivity index (χ1n) is 6.86. The summed E-state index contributed by atoms with van der Waals surface area (Å²) >= 11 is 0. The predicted octanol–water partition coefficient (Wildman–Crippen LogP) is 3.14. The predicted molar refractivity (Wildman–Crippen MR) is 75.3 cm³/mol. The Balaban J connectivity index is 2.15. The summed E-state index contributed by atoms with van der Waals surface area (Å²) in [6.07, 6.45) is -5.65. The number of rotatable bonds is 1. The van der Waals surface area contributed by atoms with Crippen LogP contribution in [-0.4, -0.2) is 25.5 Å². The number of nitrogens with zero attached hydrogens (tertiary/aromatic N) is 2. The Hall–Kier alpha value is -1.99. The number of hydrogen-bond acceptors (Lipinski definition) is 2. The quantitative estimate of drug-likeness (QED) is 0.721. The second-order valence-electron chi connectivity index (χ2n) is 5.59. The molecular weight excluding hydrogens is 322 g/mol. The van der Waals surface area contributed by atoms with Gasteiger partial charge in [-0.2, -0.15) is 26.3 Å². The Morgan fingerprint density at radius 2 is 1.87 bits per heavy atom. The molecule has 0 saturated heterocycles. The highest BCUT2D eigenvalue weighted by atomic mass is 19.4. The molecule has 3 rings (SSSR count). The minimum atomic E-state index is -4.62. The maximum Gasteiger partial charge on any atom is 0.418 e. The highest BCUT2D eigenvalue weighted by molar-refractivity contribution is 5.98. The molecule has 8 heteroatoms. The zero-order chi connectivity index (χ0) is 17.0. The van der Waals surface area contributed by atoms with Crippen LogP contribution in [0.5, 0.6) is 0 Å². The van der Waals surface area contributed by atoms with Gasteiger partial charge in [0.05, 0.1) is 17.7 Å². The Morgan fingerprint density at radius 1 is 1.17 bits per heavy atom. The Labute approximate surface area is 127 Å². The number of fused-ring (bicyclic) bond motifs is 3. The molecule has 1 aromatic carbocycles. The Morgan fingerprint density at radius 3 is 2.48 bits per heavy atom. The van der Waals surface area contributed by atoms with Crippen LogP contribution in [0.4, 0.5) is 37.7 Å². The molecule has 0 amide bonds. The molecule has 1 unspecified atom stereocenters. The van der Waals surface area contributed by atoms with Gasteiger partial charge in [-0.05, 0) is 18.6 Å². The summed E-state index contributed by atoms with van der Waals surface area (Å²) in [5.74, 6) is 0. The van der Waals surface area contributed by atoms with Crippen molar-refractivity contribution >= 4 is 29.7 Å². The van der Waals surface area contributed by atoms with E-state index in [1.807, 2.05) is 0 Å². The Bertz CT molecular complexity index is 788. The highest BCUT2D eigenvalue weighted by Gasteiger charge is 2.38. The van der Waals surface area contributed by atoms with Gasteiger partial charge in [0, 0.05) is 35.4 Å². The van der Waals surface area contributed by atoms with Gasteiger partial charge >= 0.3 is 12.4 Å². The number of anilines is 1. The minimum Gasteiger partial charge on any atom is -0.370 e. The van der Waals surface area contributed by atoms with E-state index in [9.17, 15) is 26.3 Å². The second kappa shape index (κ2) is 5.01. The maximum atomic E-state index is 13.2. The molecule has 0 spiro atoms. The lowest BCUT2D eigenvalue weighted by Gasteiger charge is -2.34. The van der Waals surface area contributed by atoms with Crippen LogP contribution in [0.3, 0.4) is 0 Å². The van der Waals surface area contributed by atoms with Gasteiger partial charge in [-0.15, -0.1) is 0 Å². The van der Waals surface area contributed by atoms with E-state index in [2.05, 4.69) is 4.99 Å². The zero-order valence-electron chi connectivity index (χ0n) is 12.0. The minimum absolute atomic E-state index is 0.120. The van der Waals surface area contributed by atoms with Crippen LogP contribution in [0.15, 0.2) is 11.1 Å². The molecule has 2 nitrogen and oxygen atoms in total. The van der Waals surface area contributed by atoms with Gasteiger partial charge in [0.2, 0.25) is 0 Å². The second-order valence-corrected chi connectivity index (χ2v) is 5.59. The summed E-state index contributed by atoms with van der Waals surface area (Å²) in [5.41, 5.74) is -0.947. The van der Waals surface area contributed by atoms with E-state index in [-0.39, 0.29) is 17.8 Å². The summed E-state index contributed by atoms with van der Waals surface area (Å²) in [6.45, 7) is 0. The van der Waals surface area contributed by atoms with Gasteiger partial charge in [0.25, 0.3) is 0 Å². The molecule has 0 fully saturated rings. The maximum absolute atomic E-state index is 13.2. The van der Waals surface area contributed by atoms with Crippen LogP contribution in [0, 0.1) is 0 Å². The van der Waals surface area contributed by atoms with E-state index in [1.54, 1.807) is 6.08 Å². The van der Waals surface area contributed by atoms with E-state index < -0.39 is 30.4 Å². The van der Waals surface area contributed by atoms with Gasteiger partial charge in [-0.3, -0.25) is 4.99 Å². The van der Waals surface area contributed by atoms with Crippen LogP contribution in [0.2, 0.25) is 0 Å². The third-order valence-electron chi connectivity index (χ3n) is 4.10. The lowest BCUT2D eigenvalue weighted by Crippen LogP contribution is -2.44. The lowest BCUT2D eigenvalue weighted by atomic mass is 9.97. The van der Waals surface area contributed by atoms with Crippen molar-refractivity contribution in [2.45, 2.75) is 31.2 Å². The summed E-state index contributed by atoms with van der Waals surface area (Å²) in [5, 5.41) is 0.818. The molecule has 0 aromatic heterocycles. The van der Waals surface area contributed by atoms with E-state index in [0.29, 0.717) is 10.4 Å². The monoisotopic (exact) mass is 334 g/mol. The third kappa shape index (κ3) is 2.82. The van der Waals surface area contributed by atoms with Crippen LogP contribution in [0.1, 0.15) is 18.4 Å². The summed E-state index contributed by atoms with van der Waals surface area (Å²) < 4.78 is 77.5. The fourth-order valence-electron chi connectivity index (χ4n) is 3.01. The first-order valence-corrected chi connectivity index (χ1v) is 6.86. The van der Waals surface area contributed by atoms with Crippen molar-refractivity contribution in [3.8, 4) is 0 Å². The number of halogens is 6. The first kappa shape index (κ1) is 15.9. The normalized spacial score (nSPS) is 20.0. The molecule has 1 aromatic rings. The van der Waals surface area contributed by atoms with E-state index in [4.69, 9.17) is 0 Å². The van der Waals surface area contributed by atoms with Crippen molar-refractivity contribution in [2.24, 2.45) is 4.99 Å². The van der Waals surface area contributed by atoms with Crippen LogP contribution < -0.4 is 15.3 Å². The van der Waals surface area contributed by atoms with Crippen LogP contribution >= 0.6 is 0 Å². The van der Waals surface area contributed by atoms with Crippen LogP contribution in [0.25, 0.3) is 12.2 Å². The first-order chi connectivity index (χ1) is 10.6. The van der Waals surface area contributed by atoms with E-state index >= 15 is 0 Å². The van der Waals surface area contributed by atoms with Gasteiger partial charge in [0.1, 0.15) is 0 Å². The summed E-state index contributed by atoms with van der Waals surface area (Å²) in [6, 6.07) is -0.0204. The summed E-state index contributed by atoms with van der Waals surface area (Å²) in [4.78, 5) is 5.04. The van der Waals surface area contributed by atoms with Crippen molar-refractivity contribution in [2.75, 3.05) is 11.9 Å². The number of aliphatic imine (C=N–C) groups is 1. The van der Waals surface area contributed by atoms with Crippen LogP contribution in [-0.2, 0) is 6.18 Å². The van der Waals surface area contributed by atoms with Crippen molar-refractivity contribution in [1.29, 1.82) is 0 Å². The van der Waals surface area contributed by atoms with Crippen molar-refractivity contribution < 1.29 is 26.3 Å². The largest absolute Gasteiger partial charge is 0.418 e. The van der Waals surface area contributed by atoms with Crippen molar-refractivity contribution in [1.82, 2.24) is 0 Å². The molecule has 0 saturated carbocycles. The average Bonchev–Trinajstić information content (AvgIpc) is 2.87. The molecule has 2 heterocycles.